The molecule has 1 N–H and O–H groups in total. The number of aliphatic carboxylic acids is 1. The number of benzene rings is 1. The van der Waals surface area contributed by atoms with Gasteiger partial charge in [0.15, 0.2) is 0 Å². The van der Waals surface area contributed by atoms with Gasteiger partial charge in [0.2, 0.25) is 0 Å². The Morgan fingerprint density at radius 2 is 1.83 bits per heavy atom. The van der Waals surface area contributed by atoms with E-state index in [2.05, 4.69) is 22.0 Å². The van der Waals surface area contributed by atoms with Crippen LogP contribution in [0.2, 0.25) is 0 Å². The molecule has 3 aromatic heterocycles. The minimum absolute atomic E-state index is 0.675. The van der Waals surface area contributed by atoms with Gasteiger partial charge in [0, 0.05) is 35.6 Å². The Kier molecular flexibility index (Phi) is 5.99. The first-order chi connectivity index (χ1) is 16.8. The maximum Gasteiger partial charge on any atom is 0.313 e. The second-order valence-electron chi connectivity index (χ2n) is 10.5. The van der Waals surface area contributed by atoms with Crippen LogP contribution in [0.5, 0.6) is 0 Å². The number of fused-ring (bicyclic) bond motifs is 1. The van der Waals surface area contributed by atoms with E-state index in [1.54, 1.807) is 13.8 Å². The predicted octanol–water partition coefficient (Wildman–Crippen LogP) is 6.92. The maximum absolute atomic E-state index is 11.7. The zero-order valence-corrected chi connectivity index (χ0v) is 21.0. The lowest BCUT2D eigenvalue weighted by atomic mass is 9.84. The lowest BCUT2D eigenvalue weighted by Gasteiger charge is -2.22. The molecule has 3 heterocycles. The van der Waals surface area contributed by atoms with Crippen LogP contribution in [0.25, 0.3) is 33.3 Å². The molecule has 0 unspecified atom stereocenters. The number of aryl methyl sites for hydroxylation is 2. The highest BCUT2D eigenvalue weighted by Gasteiger charge is 2.29. The van der Waals surface area contributed by atoms with Gasteiger partial charge >= 0.3 is 5.97 Å². The molecule has 6 nitrogen and oxygen atoms in total. The Hall–Kier alpha value is -3.41. The Balaban J connectivity index is 1.60. The topological polar surface area (TPSA) is 81.2 Å². The number of carbonyl (C=O) groups is 1. The summed E-state index contributed by atoms with van der Waals surface area (Å²) in [6.07, 6.45) is 10.6. The molecule has 0 amide bonds. The molecule has 35 heavy (non-hydrogen) atoms. The Bertz CT molecular complexity index is 1350. The standard InChI is InChI=1S/C29H33N3O3/c1-18-26(19(2)35-31-18)22-14-25-27(30-15-22)24(17-32(25)16-20-8-6-5-7-9-20)21-10-12-23(13-11-21)29(3,4)28(33)34/h10-15,17,20H,5-9,16H2,1-4H3,(H,33,34). The Morgan fingerprint density at radius 3 is 2.46 bits per heavy atom. The van der Waals surface area contributed by atoms with Crippen LogP contribution >= 0.6 is 0 Å². The fourth-order valence-electron chi connectivity index (χ4n) is 5.40. The van der Waals surface area contributed by atoms with Crippen LogP contribution in [0.1, 0.15) is 63.0 Å². The molecule has 1 aromatic carbocycles. The van der Waals surface area contributed by atoms with Crippen molar-refractivity contribution in [2.75, 3.05) is 0 Å². The van der Waals surface area contributed by atoms with Gasteiger partial charge in [0.25, 0.3) is 0 Å². The Labute approximate surface area is 206 Å². The van der Waals surface area contributed by atoms with E-state index in [-0.39, 0.29) is 0 Å². The number of pyridine rings is 1. The molecular formula is C29H33N3O3. The molecule has 1 aliphatic rings. The van der Waals surface area contributed by atoms with Crippen molar-refractivity contribution in [3.63, 3.8) is 0 Å². The predicted molar refractivity (Wildman–Crippen MR) is 137 cm³/mol. The monoisotopic (exact) mass is 471 g/mol. The lowest BCUT2D eigenvalue weighted by molar-refractivity contribution is -0.142. The highest BCUT2D eigenvalue weighted by molar-refractivity contribution is 5.95. The van der Waals surface area contributed by atoms with Gasteiger partial charge in [-0.15, -0.1) is 0 Å². The first-order valence-corrected chi connectivity index (χ1v) is 12.5. The summed E-state index contributed by atoms with van der Waals surface area (Å²) in [5, 5.41) is 13.7. The molecule has 6 heteroatoms. The summed E-state index contributed by atoms with van der Waals surface area (Å²) in [5.74, 6) is 0.641. The summed E-state index contributed by atoms with van der Waals surface area (Å²) in [7, 11) is 0. The van der Waals surface area contributed by atoms with E-state index in [1.807, 2.05) is 44.3 Å². The van der Waals surface area contributed by atoms with Crippen molar-refractivity contribution in [3.8, 4) is 22.3 Å². The van der Waals surface area contributed by atoms with E-state index in [4.69, 9.17) is 9.51 Å². The number of hydrogen-bond donors (Lipinski definition) is 1. The third-order valence-electron chi connectivity index (χ3n) is 7.67. The van der Waals surface area contributed by atoms with E-state index in [9.17, 15) is 9.90 Å². The van der Waals surface area contributed by atoms with Gasteiger partial charge in [0.1, 0.15) is 5.76 Å². The molecule has 5 rings (SSSR count). The fourth-order valence-corrected chi connectivity index (χ4v) is 5.40. The minimum atomic E-state index is -0.936. The van der Waals surface area contributed by atoms with E-state index in [0.717, 1.165) is 56.8 Å². The maximum atomic E-state index is 11.7. The second kappa shape index (κ2) is 8.99. The summed E-state index contributed by atoms with van der Waals surface area (Å²) < 4.78 is 7.78. The van der Waals surface area contributed by atoms with Gasteiger partial charge in [0.05, 0.1) is 22.1 Å². The molecule has 1 saturated carbocycles. The quantitative estimate of drug-likeness (QED) is 0.330. The molecule has 0 bridgehead atoms. The molecule has 0 spiro atoms. The summed E-state index contributed by atoms with van der Waals surface area (Å²) in [5.41, 5.74) is 6.92. The Morgan fingerprint density at radius 1 is 1.11 bits per heavy atom. The zero-order valence-electron chi connectivity index (χ0n) is 21.0. The van der Waals surface area contributed by atoms with Crippen molar-refractivity contribution < 1.29 is 14.4 Å². The molecule has 0 aliphatic heterocycles. The van der Waals surface area contributed by atoms with Crippen molar-refractivity contribution in [1.29, 1.82) is 0 Å². The third kappa shape index (κ3) is 4.26. The van der Waals surface area contributed by atoms with Crippen LogP contribution in [0.4, 0.5) is 0 Å². The highest BCUT2D eigenvalue weighted by Crippen LogP contribution is 2.36. The third-order valence-corrected chi connectivity index (χ3v) is 7.67. The van der Waals surface area contributed by atoms with Gasteiger partial charge in [-0.3, -0.25) is 9.78 Å². The second-order valence-corrected chi connectivity index (χ2v) is 10.5. The normalized spacial score (nSPS) is 15.1. The first-order valence-electron chi connectivity index (χ1n) is 12.5. The minimum Gasteiger partial charge on any atom is -0.481 e. The number of aromatic nitrogens is 3. The average Bonchev–Trinajstić information content (AvgIpc) is 3.38. The van der Waals surface area contributed by atoms with Crippen molar-refractivity contribution in [2.24, 2.45) is 5.92 Å². The summed E-state index contributed by atoms with van der Waals surface area (Å²) in [4.78, 5) is 16.6. The average molecular weight is 472 g/mol. The fraction of sp³-hybridized carbons (Fsp3) is 0.414. The van der Waals surface area contributed by atoms with E-state index >= 15 is 0 Å². The van der Waals surface area contributed by atoms with Crippen LogP contribution < -0.4 is 0 Å². The smallest absolute Gasteiger partial charge is 0.313 e. The van der Waals surface area contributed by atoms with Crippen LogP contribution in [0, 0.1) is 19.8 Å². The van der Waals surface area contributed by atoms with Gasteiger partial charge < -0.3 is 14.2 Å². The molecule has 0 saturated heterocycles. The van der Waals surface area contributed by atoms with Crippen molar-refractivity contribution in [3.05, 3.63) is 59.7 Å². The largest absolute Gasteiger partial charge is 0.481 e. The summed E-state index contributed by atoms with van der Waals surface area (Å²) >= 11 is 0. The van der Waals surface area contributed by atoms with Crippen LogP contribution in [0.15, 0.2) is 47.2 Å². The number of nitrogens with zero attached hydrogens (tertiary/aromatic N) is 3. The molecule has 1 aliphatic carbocycles. The summed E-state index contributed by atoms with van der Waals surface area (Å²) in [6, 6.07) is 10.1. The summed E-state index contributed by atoms with van der Waals surface area (Å²) in [6.45, 7) is 8.35. The van der Waals surface area contributed by atoms with E-state index in [1.165, 1.54) is 32.1 Å². The number of rotatable bonds is 6. The van der Waals surface area contributed by atoms with Crippen LogP contribution in [-0.2, 0) is 16.8 Å². The molecular weight excluding hydrogens is 438 g/mol. The van der Waals surface area contributed by atoms with Gasteiger partial charge in [-0.1, -0.05) is 48.7 Å². The van der Waals surface area contributed by atoms with Crippen molar-refractivity contribution in [2.45, 2.75) is 71.8 Å². The lowest BCUT2D eigenvalue weighted by Crippen LogP contribution is -2.28. The molecule has 182 valence electrons. The van der Waals surface area contributed by atoms with Crippen LogP contribution in [0.3, 0.4) is 0 Å². The SMILES string of the molecule is Cc1noc(C)c1-c1cnc2c(-c3ccc(C(C)(C)C(=O)O)cc3)cn(CC3CCCCC3)c2c1. The molecule has 4 aromatic rings. The first kappa shape index (κ1) is 23.3. The highest BCUT2D eigenvalue weighted by atomic mass is 16.5. The van der Waals surface area contributed by atoms with Gasteiger partial charge in [-0.2, -0.15) is 0 Å². The zero-order chi connectivity index (χ0) is 24.7. The molecule has 0 atom stereocenters. The van der Waals surface area contributed by atoms with Crippen LogP contribution in [-0.4, -0.2) is 25.8 Å². The van der Waals surface area contributed by atoms with E-state index in [0.29, 0.717) is 5.92 Å². The molecule has 0 radical (unpaired) electrons. The van der Waals surface area contributed by atoms with Gasteiger partial charge in [-0.05, 0) is 63.6 Å². The number of hydrogen-bond acceptors (Lipinski definition) is 4. The van der Waals surface area contributed by atoms with Gasteiger partial charge in [-0.25, -0.2) is 0 Å². The van der Waals surface area contributed by atoms with E-state index < -0.39 is 11.4 Å². The van der Waals surface area contributed by atoms with Crippen molar-refractivity contribution >= 4 is 17.0 Å². The molecule has 1 fully saturated rings. The van der Waals surface area contributed by atoms with Crippen molar-refractivity contribution in [1.82, 2.24) is 14.7 Å². The number of carboxylic acids is 1. The number of carboxylic acid groups (broad SMARTS) is 1.